The monoisotopic (exact) mass is 429 g/mol. The molecule has 105 valence electrons. The van der Waals surface area contributed by atoms with Gasteiger partial charge in [-0.25, -0.2) is 6.08 Å². The van der Waals surface area contributed by atoms with Gasteiger partial charge in [-0.3, -0.25) is 4.79 Å². The van der Waals surface area contributed by atoms with Crippen molar-refractivity contribution in [3.05, 3.63) is 35.9 Å². The predicted octanol–water partition coefficient (Wildman–Crippen LogP) is 3.15. The van der Waals surface area contributed by atoms with E-state index in [4.69, 9.17) is 4.74 Å². The van der Waals surface area contributed by atoms with Crippen LogP contribution in [0.25, 0.3) is 5.70 Å². The fourth-order valence-electron chi connectivity index (χ4n) is 1.84. The van der Waals surface area contributed by atoms with Crippen molar-refractivity contribution in [3.63, 3.8) is 0 Å². The summed E-state index contributed by atoms with van der Waals surface area (Å²) in [6.45, 7) is 0. The summed E-state index contributed by atoms with van der Waals surface area (Å²) in [6.07, 6.45) is 5.85. The van der Waals surface area contributed by atoms with Crippen LogP contribution in [-0.2, 0) is 37.5 Å². The number of nitrogens with zero attached hydrogens (tertiary/aromatic N) is 1. The summed E-state index contributed by atoms with van der Waals surface area (Å²) in [4.78, 5) is 13.4. The fourth-order valence-corrected chi connectivity index (χ4v) is 2.57. The van der Waals surface area contributed by atoms with Gasteiger partial charge in [0.05, 0.1) is 4.83 Å². The van der Waals surface area contributed by atoms with Gasteiger partial charge in [0.15, 0.2) is 0 Å². The molecule has 1 atom stereocenters. The maximum absolute atomic E-state index is 11.9. The number of benzene rings is 1. The molecule has 2 rings (SSSR count). The first-order chi connectivity index (χ1) is 9.13. The Labute approximate surface area is 157 Å². The molecule has 0 N–H and O–H groups in total. The summed E-state index contributed by atoms with van der Waals surface area (Å²) in [7, 11) is 1.77. The van der Waals surface area contributed by atoms with E-state index in [1.165, 1.54) is 0 Å². The first-order valence-electron chi connectivity index (χ1n) is 5.88. The Balaban J connectivity index is 0.00000200. The summed E-state index contributed by atoms with van der Waals surface area (Å²) >= 11 is 4.98. The molecule has 20 heavy (non-hydrogen) atoms. The molecule has 1 amide bonds. The van der Waals surface area contributed by atoms with E-state index < -0.39 is 0 Å². The van der Waals surface area contributed by atoms with Crippen LogP contribution in [0.5, 0.6) is 5.75 Å². The number of carbonyl (C=O) groups is 1. The van der Waals surface area contributed by atoms with Crippen LogP contribution < -0.4 is 4.74 Å². The van der Waals surface area contributed by atoms with Gasteiger partial charge < -0.3 is 9.64 Å². The molecular formula is C14H15BrNO2SY-. The number of hydrogen-bond donors (Lipinski definition) is 0. The summed E-state index contributed by atoms with van der Waals surface area (Å²) < 4.78 is 5.51. The average Bonchev–Trinajstić information content (AvgIpc) is 2.44. The van der Waals surface area contributed by atoms with E-state index in [-0.39, 0.29) is 43.4 Å². The maximum atomic E-state index is 11.9. The van der Waals surface area contributed by atoms with E-state index in [9.17, 15) is 4.79 Å². The molecule has 1 aromatic carbocycles. The smallest absolute Gasteiger partial charge is 0.236 e. The number of allylic oxidation sites excluding steroid dienone is 1. The molecule has 6 heteroatoms. The molecule has 1 aromatic rings. The van der Waals surface area contributed by atoms with Gasteiger partial charge in [0.25, 0.3) is 0 Å². The molecule has 3 nitrogen and oxygen atoms in total. The van der Waals surface area contributed by atoms with E-state index in [0.29, 0.717) is 12.4 Å². The summed E-state index contributed by atoms with van der Waals surface area (Å²) in [5.74, 6) is 1.54. The summed E-state index contributed by atoms with van der Waals surface area (Å²) in [5, 5.41) is 0. The third-order valence-electron chi connectivity index (χ3n) is 2.85. The van der Waals surface area contributed by atoms with E-state index in [1.54, 1.807) is 23.7 Å². The molecule has 0 fully saturated rings. The summed E-state index contributed by atoms with van der Waals surface area (Å²) in [6, 6.07) is 7.74. The number of carbonyl (C=O) groups excluding carboxylic acids is 1. The van der Waals surface area contributed by atoms with E-state index >= 15 is 0 Å². The number of rotatable bonds is 4. The number of ether oxygens (including phenoxy) is 1. The molecule has 1 unspecified atom stereocenters. The van der Waals surface area contributed by atoms with E-state index in [2.05, 4.69) is 22.0 Å². The van der Waals surface area contributed by atoms with Gasteiger partial charge in [-0.15, -0.1) is 29.6 Å². The Morgan fingerprint density at radius 2 is 2.10 bits per heavy atom. The van der Waals surface area contributed by atoms with Crippen LogP contribution in [0.4, 0.5) is 0 Å². The Morgan fingerprint density at radius 1 is 1.45 bits per heavy atom. The van der Waals surface area contributed by atoms with Crippen molar-refractivity contribution in [1.29, 1.82) is 0 Å². The molecule has 1 aliphatic rings. The third kappa shape index (κ3) is 4.33. The maximum Gasteiger partial charge on any atom is 0.236 e. The number of amides is 1. The molecule has 0 saturated carbocycles. The molecule has 0 aromatic heterocycles. The van der Waals surface area contributed by atoms with Crippen molar-refractivity contribution < 1.29 is 42.2 Å². The van der Waals surface area contributed by atoms with Gasteiger partial charge in [0.2, 0.25) is 5.91 Å². The van der Waals surface area contributed by atoms with Gasteiger partial charge in [-0.05, 0) is 18.4 Å². The van der Waals surface area contributed by atoms with Crippen molar-refractivity contribution in [2.24, 2.45) is 0 Å². The number of alkyl halides is 1. The van der Waals surface area contributed by atoms with Crippen LogP contribution in [-0.4, -0.2) is 34.9 Å². The quantitative estimate of drug-likeness (QED) is 0.418. The van der Waals surface area contributed by atoms with Crippen LogP contribution in [0.2, 0.25) is 0 Å². The Bertz CT molecular complexity index is 492. The topological polar surface area (TPSA) is 29.5 Å². The van der Waals surface area contributed by atoms with Crippen molar-refractivity contribution >= 4 is 39.3 Å². The first kappa shape index (κ1) is 18.2. The fraction of sp³-hybridized carbons (Fsp3) is 0.357. The second-order valence-electron chi connectivity index (χ2n) is 4.17. The van der Waals surface area contributed by atoms with Crippen LogP contribution in [0.15, 0.2) is 24.3 Å². The van der Waals surface area contributed by atoms with Crippen LogP contribution in [0.1, 0.15) is 12.0 Å². The molecule has 0 saturated heterocycles. The molecule has 1 radical (unpaired) electrons. The van der Waals surface area contributed by atoms with E-state index in [0.717, 1.165) is 17.0 Å². The van der Waals surface area contributed by atoms with Crippen molar-refractivity contribution in [3.8, 4) is 5.75 Å². The van der Waals surface area contributed by atoms with Gasteiger partial charge in [0.1, 0.15) is 11.7 Å². The standard InChI is InChI=1S/C14H15BrNO2S.Y/c1-16-13(8-7-12(15)14(16)17)10-3-5-11(6-4-10)18-9-19-2;/h3-6,12H,7,9H2,1-2H3;/q-1;. The minimum Gasteiger partial charge on any atom is -0.483 e. The second-order valence-corrected chi connectivity index (χ2v) is 6.09. The Hall–Kier alpha value is 0.164. The molecule has 1 heterocycles. The normalized spacial score (nSPS) is 18.4. The van der Waals surface area contributed by atoms with Gasteiger partial charge in [-0.2, -0.15) is 5.56 Å². The zero-order valence-corrected chi connectivity index (χ0v) is 16.7. The van der Waals surface area contributed by atoms with Crippen LogP contribution in [0, 0.1) is 6.08 Å². The Kier molecular flexibility index (Phi) is 7.80. The molecule has 0 bridgehead atoms. The number of hydrogen-bond acceptors (Lipinski definition) is 3. The molecule has 1 aliphatic heterocycles. The van der Waals surface area contributed by atoms with Gasteiger partial charge in [0, 0.05) is 39.8 Å². The van der Waals surface area contributed by atoms with Crippen LogP contribution in [0.3, 0.4) is 0 Å². The summed E-state index contributed by atoms with van der Waals surface area (Å²) in [5.41, 5.74) is 1.81. The second kappa shape index (κ2) is 8.57. The largest absolute Gasteiger partial charge is 0.483 e. The SMILES string of the molecule is CSCOc1ccc(C2=[C-]CC(Br)C(=O)N2C)cc1.[Y]. The first-order valence-corrected chi connectivity index (χ1v) is 8.19. The molecular weight excluding hydrogens is 415 g/mol. The number of thioether (sulfide) groups is 1. The van der Waals surface area contributed by atoms with Gasteiger partial charge in [-0.1, -0.05) is 22.4 Å². The predicted molar refractivity (Wildman–Crippen MR) is 82.2 cm³/mol. The molecule has 0 spiro atoms. The molecule has 0 aliphatic carbocycles. The van der Waals surface area contributed by atoms with E-state index in [1.807, 2.05) is 30.5 Å². The minimum absolute atomic E-state index is 0. The van der Waals surface area contributed by atoms with Crippen LogP contribution >= 0.6 is 27.7 Å². The third-order valence-corrected chi connectivity index (χ3v) is 3.92. The van der Waals surface area contributed by atoms with Gasteiger partial charge >= 0.3 is 0 Å². The number of halogens is 1. The zero-order valence-electron chi connectivity index (χ0n) is 11.4. The Morgan fingerprint density at radius 3 is 2.70 bits per heavy atom. The van der Waals surface area contributed by atoms with Crippen molar-refractivity contribution in [2.45, 2.75) is 11.2 Å². The minimum atomic E-state index is -0.162. The zero-order chi connectivity index (χ0) is 13.8. The van der Waals surface area contributed by atoms with Crippen molar-refractivity contribution in [1.82, 2.24) is 4.90 Å². The van der Waals surface area contributed by atoms with Crippen molar-refractivity contribution in [2.75, 3.05) is 19.2 Å². The average molecular weight is 430 g/mol.